The summed E-state index contributed by atoms with van der Waals surface area (Å²) >= 11 is 5.88. The van der Waals surface area contributed by atoms with Gasteiger partial charge in [0.1, 0.15) is 17.1 Å². The molecule has 0 aliphatic rings. The number of nitrogens with two attached hydrogens (primary N) is 1. The molecule has 0 bridgehead atoms. The van der Waals surface area contributed by atoms with Crippen LogP contribution in [-0.4, -0.2) is 4.98 Å². The number of oxazole rings is 1. The number of fused-ring (bicyclic) bond motifs is 1. The Bertz CT molecular complexity index is 773. The zero-order valence-corrected chi connectivity index (χ0v) is 11.0. The van der Waals surface area contributed by atoms with Crippen LogP contribution < -0.4 is 10.5 Å². The van der Waals surface area contributed by atoms with E-state index in [9.17, 15) is 4.39 Å². The highest BCUT2D eigenvalue weighted by Crippen LogP contribution is 2.27. The first-order chi connectivity index (χ1) is 9.63. The topological polar surface area (TPSA) is 61.3 Å². The van der Waals surface area contributed by atoms with Gasteiger partial charge in [0.05, 0.1) is 10.7 Å². The Morgan fingerprint density at radius 2 is 2.10 bits per heavy atom. The van der Waals surface area contributed by atoms with Crippen molar-refractivity contribution in [3.63, 3.8) is 0 Å². The summed E-state index contributed by atoms with van der Waals surface area (Å²) in [6.45, 7) is 0.0842. The molecule has 1 aromatic heterocycles. The van der Waals surface area contributed by atoms with Crippen LogP contribution in [0.2, 0.25) is 5.02 Å². The maximum absolute atomic E-state index is 13.2. The maximum atomic E-state index is 13.2. The van der Waals surface area contributed by atoms with E-state index < -0.39 is 5.82 Å². The number of benzene rings is 2. The lowest BCUT2D eigenvalue weighted by Crippen LogP contribution is -1.98. The van der Waals surface area contributed by atoms with Crippen molar-refractivity contribution in [3.8, 4) is 5.75 Å². The van der Waals surface area contributed by atoms with E-state index in [1.54, 1.807) is 12.1 Å². The van der Waals surface area contributed by atoms with Gasteiger partial charge in [0.2, 0.25) is 5.89 Å². The quantitative estimate of drug-likeness (QED) is 0.746. The molecule has 0 aliphatic carbocycles. The first-order valence-electron chi connectivity index (χ1n) is 5.85. The third-order valence-electron chi connectivity index (χ3n) is 2.72. The van der Waals surface area contributed by atoms with E-state index in [-0.39, 0.29) is 11.6 Å². The second-order valence-electron chi connectivity index (χ2n) is 4.17. The summed E-state index contributed by atoms with van der Waals surface area (Å²) in [5, 5.41) is 0.179. The predicted octanol–water partition coefficient (Wildman–Crippen LogP) is 3.78. The van der Waals surface area contributed by atoms with Gasteiger partial charge in [0, 0.05) is 6.07 Å². The van der Waals surface area contributed by atoms with Gasteiger partial charge in [-0.1, -0.05) is 23.7 Å². The van der Waals surface area contributed by atoms with Crippen LogP contribution in [0, 0.1) is 5.82 Å². The van der Waals surface area contributed by atoms with E-state index in [0.717, 1.165) is 0 Å². The number of rotatable bonds is 3. The third kappa shape index (κ3) is 2.40. The average Bonchev–Trinajstić information content (AvgIpc) is 2.81. The van der Waals surface area contributed by atoms with E-state index in [1.807, 2.05) is 12.1 Å². The molecular formula is C14H10ClFN2O2. The number of aromatic nitrogens is 1. The molecule has 0 saturated heterocycles. The monoisotopic (exact) mass is 292 g/mol. The van der Waals surface area contributed by atoms with Crippen molar-refractivity contribution in [1.29, 1.82) is 0 Å². The van der Waals surface area contributed by atoms with Gasteiger partial charge in [-0.3, -0.25) is 0 Å². The molecule has 0 unspecified atom stereocenters. The molecule has 6 heteroatoms. The van der Waals surface area contributed by atoms with Crippen molar-refractivity contribution >= 4 is 28.4 Å². The fourth-order valence-electron chi connectivity index (χ4n) is 1.82. The first-order valence-corrected chi connectivity index (χ1v) is 6.23. The number of nitrogen functional groups attached to an aromatic ring is 1. The fourth-order valence-corrected chi connectivity index (χ4v) is 2.06. The summed E-state index contributed by atoms with van der Waals surface area (Å²) < 4.78 is 24.1. The van der Waals surface area contributed by atoms with Crippen LogP contribution in [-0.2, 0) is 6.61 Å². The maximum Gasteiger partial charge on any atom is 0.233 e. The summed E-state index contributed by atoms with van der Waals surface area (Å²) in [6, 6.07) is 9.52. The van der Waals surface area contributed by atoms with Crippen LogP contribution in [0.1, 0.15) is 5.89 Å². The molecule has 2 N–H and O–H groups in total. The molecule has 4 nitrogen and oxygen atoms in total. The Kier molecular flexibility index (Phi) is 3.20. The van der Waals surface area contributed by atoms with E-state index in [1.165, 1.54) is 12.1 Å². The van der Waals surface area contributed by atoms with Crippen LogP contribution in [0.5, 0.6) is 5.75 Å². The summed E-state index contributed by atoms with van der Waals surface area (Å²) in [5.74, 6) is 0.373. The van der Waals surface area contributed by atoms with Crippen LogP contribution in [0.4, 0.5) is 10.1 Å². The minimum atomic E-state index is -0.462. The largest absolute Gasteiger partial charge is 0.482 e. The van der Waals surface area contributed by atoms with Crippen molar-refractivity contribution in [3.05, 3.63) is 53.1 Å². The number of para-hydroxylation sites is 2. The average molecular weight is 293 g/mol. The predicted molar refractivity (Wildman–Crippen MR) is 74.2 cm³/mol. The van der Waals surface area contributed by atoms with E-state index in [0.29, 0.717) is 28.4 Å². The molecule has 0 aliphatic heterocycles. The zero-order valence-electron chi connectivity index (χ0n) is 10.3. The third-order valence-corrected chi connectivity index (χ3v) is 3.00. The second kappa shape index (κ2) is 5.02. The lowest BCUT2D eigenvalue weighted by molar-refractivity contribution is 0.268. The number of halogens is 2. The first kappa shape index (κ1) is 12.7. The van der Waals surface area contributed by atoms with Gasteiger partial charge in [-0.2, -0.15) is 0 Å². The highest BCUT2D eigenvalue weighted by Gasteiger charge is 2.12. The minimum Gasteiger partial charge on any atom is -0.482 e. The molecular weight excluding hydrogens is 283 g/mol. The van der Waals surface area contributed by atoms with Crippen LogP contribution in [0.15, 0.2) is 40.8 Å². The van der Waals surface area contributed by atoms with Crippen molar-refractivity contribution in [2.75, 3.05) is 5.73 Å². The van der Waals surface area contributed by atoms with E-state index in [4.69, 9.17) is 26.5 Å². The Hall–Kier alpha value is -2.27. The number of nitrogens with zero attached hydrogens (tertiary/aromatic N) is 1. The van der Waals surface area contributed by atoms with Gasteiger partial charge in [-0.15, -0.1) is 0 Å². The Balaban J connectivity index is 1.85. The fraction of sp³-hybridized carbons (Fsp3) is 0.0714. The van der Waals surface area contributed by atoms with Crippen LogP contribution >= 0.6 is 11.6 Å². The minimum absolute atomic E-state index is 0.0842. The normalized spacial score (nSPS) is 10.9. The molecule has 0 radical (unpaired) electrons. The summed E-state index contributed by atoms with van der Waals surface area (Å²) in [5.41, 5.74) is 6.97. The molecule has 1 heterocycles. The number of hydrogen-bond acceptors (Lipinski definition) is 4. The molecule has 0 spiro atoms. The van der Waals surface area contributed by atoms with Gasteiger partial charge < -0.3 is 14.9 Å². The molecule has 20 heavy (non-hydrogen) atoms. The summed E-state index contributed by atoms with van der Waals surface area (Å²) in [6.07, 6.45) is 0. The number of anilines is 1. The second-order valence-corrected chi connectivity index (χ2v) is 4.58. The molecule has 0 fully saturated rings. The van der Waals surface area contributed by atoms with Crippen molar-refractivity contribution < 1.29 is 13.5 Å². The number of hydrogen-bond donors (Lipinski definition) is 1. The standard InChI is InChI=1S/C14H10ClFN2O2/c15-9-5-8(16)6-11-14(9)20-13(18-11)7-19-12-4-2-1-3-10(12)17/h1-6H,7,17H2. The van der Waals surface area contributed by atoms with Gasteiger partial charge in [0.25, 0.3) is 0 Å². The van der Waals surface area contributed by atoms with Crippen LogP contribution in [0.25, 0.3) is 11.1 Å². The summed E-state index contributed by atoms with van der Waals surface area (Å²) in [7, 11) is 0. The number of ether oxygens (including phenoxy) is 1. The van der Waals surface area contributed by atoms with Gasteiger partial charge in [-0.05, 0) is 18.2 Å². The van der Waals surface area contributed by atoms with Crippen molar-refractivity contribution in [1.82, 2.24) is 4.98 Å². The smallest absolute Gasteiger partial charge is 0.233 e. The molecule has 3 rings (SSSR count). The summed E-state index contributed by atoms with van der Waals surface area (Å²) in [4.78, 5) is 4.12. The van der Waals surface area contributed by atoms with Gasteiger partial charge in [0.15, 0.2) is 12.2 Å². The van der Waals surface area contributed by atoms with Crippen molar-refractivity contribution in [2.24, 2.45) is 0 Å². The molecule has 3 aromatic rings. The van der Waals surface area contributed by atoms with Gasteiger partial charge >= 0.3 is 0 Å². The van der Waals surface area contributed by atoms with Crippen LogP contribution in [0.3, 0.4) is 0 Å². The van der Waals surface area contributed by atoms with E-state index >= 15 is 0 Å². The Morgan fingerprint density at radius 1 is 1.30 bits per heavy atom. The molecule has 0 amide bonds. The van der Waals surface area contributed by atoms with E-state index in [2.05, 4.69) is 4.98 Å². The highest BCUT2D eigenvalue weighted by atomic mass is 35.5. The van der Waals surface area contributed by atoms with Gasteiger partial charge in [-0.25, -0.2) is 9.37 Å². The molecule has 0 atom stereocenters. The lowest BCUT2D eigenvalue weighted by Gasteiger charge is -2.05. The Morgan fingerprint density at radius 3 is 2.90 bits per heavy atom. The van der Waals surface area contributed by atoms with Crippen molar-refractivity contribution in [2.45, 2.75) is 6.61 Å². The Labute approximate surface area is 118 Å². The zero-order chi connectivity index (χ0) is 14.1. The SMILES string of the molecule is Nc1ccccc1OCc1nc2cc(F)cc(Cl)c2o1. The molecule has 0 saturated carbocycles. The highest BCUT2D eigenvalue weighted by molar-refractivity contribution is 6.34. The molecule has 2 aromatic carbocycles. The lowest BCUT2D eigenvalue weighted by atomic mass is 10.3. The molecule has 102 valence electrons.